The summed E-state index contributed by atoms with van der Waals surface area (Å²) in [6.45, 7) is 9.86. The molecule has 2 unspecified atom stereocenters. The van der Waals surface area contributed by atoms with Crippen LogP contribution in [0.25, 0.3) is 5.65 Å². The van der Waals surface area contributed by atoms with Crippen molar-refractivity contribution < 1.29 is 33.0 Å². The molecule has 4 aliphatic rings. The number of carbonyl (C=O) groups is 3. The molecule has 1 N–H and O–H groups in total. The summed E-state index contributed by atoms with van der Waals surface area (Å²) >= 11 is 0. The van der Waals surface area contributed by atoms with E-state index < -0.39 is 23.9 Å². The van der Waals surface area contributed by atoms with E-state index in [1.54, 1.807) is 14.3 Å². The minimum atomic E-state index is -1.02. The van der Waals surface area contributed by atoms with Crippen LogP contribution >= 0.6 is 0 Å². The van der Waals surface area contributed by atoms with Crippen molar-refractivity contribution >= 4 is 29.6 Å². The Balaban J connectivity index is 0.966. The van der Waals surface area contributed by atoms with Crippen molar-refractivity contribution in [2.24, 2.45) is 11.8 Å². The van der Waals surface area contributed by atoms with E-state index in [4.69, 9.17) is 19.2 Å². The second-order valence-corrected chi connectivity index (χ2v) is 13.4. The zero-order valence-corrected chi connectivity index (χ0v) is 27.1. The van der Waals surface area contributed by atoms with Crippen LogP contribution in [-0.2, 0) is 20.9 Å². The Morgan fingerprint density at radius 1 is 1.00 bits per heavy atom. The fourth-order valence-corrected chi connectivity index (χ4v) is 6.84. The lowest BCUT2D eigenvalue weighted by atomic mass is 10.1. The van der Waals surface area contributed by atoms with E-state index in [1.807, 2.05) is 42.6 Å². The molecule has 14 heteroatoms. The molecule has 1 aliphatic carbocycles. The highest BCUT2D eigenvalue weighted by Crippen LogP contribution is 2.47. The molecular formula is C34H40FN7O6. The van der Waals surface area contributed by atoms with Crippen LogP contribution in [0.5, 0.6) is 5.88 Å². The average molecular weight is 662 g/mol. The van der Waals surface area contributed by atoms with E-state index in [0.29, 0.717) is 37.7 Å². The van der Waals surface area contributed by atoms with E-state index >= 15 is 0 Å². The molecule has 3 saturated heterocycles. The Kier molecular flexibility index (Phi) is 8.56. The number of hydrogen-bond acceptors (Lipinski definition) is 9. The van der Waals surface area contributed by atoms with Crippen LogP contribution in [0.4, 0.5) is 19.8 Å². The maximum atomic E-state index is 13.1. The molecule has 1 saturated carbocycles. The number of rotatable bonds is 9. The summed E-state index contributed by atoms with van der Waals surface area (Å²) in [6.07, 6.45) is 1.94. The predicted octanol–water partition coefficient (Wildman–Crippen LogP) is 4.21. The van der Waals surface area contributed by atoms with Gasteiger partial charge in [0.25, 0.3) is 5.91 Å². The SMILES string of the molecule is C=C(F)C(=O)N1CC(OC(=O)N2CC3C(C2)C3Nc2cc(O[C@@H]3CCCN(C(=O)OCc4ccccc4)C3)nc3c(C(C)C)cnn23)C1. The van der Waals surface area contributed by atoms with Gasteiger partial charge in [-0.1, -0.05) is 50.8 Å². The number of hydrogen-bond donors (Lipinski definition) is 1. The molecule has 3 aromatic rings. The van der Waals surface area contributed by atoms with Crippen molar-refractivity contribution in [3.05, 3.63) is 66.1 Å². The number of piperidine rings is 2. The monoisotopic (exact) mass is 661 g/mol. The van der Waals surface area contributed by atoms with Crippen LogP contribution in [-0.4, -0.2) is 105 Å². The van der Waals surface area contributed by atoms with Gasteiger partial charge in [-0.05, 0) is 24.3 Å². The number of halogens is 1. The lowest BCUT2D eigenvalue weighted by Crippen LogP contribution is -2.56. The standard InChI is InChI=1S/C34H40FN7O6/c1-20(2)25-13-36-42-28(37-30-26-17-41(18-27(26)30)34(45)48-24-15-40(16-24)32(43)21(3)35)12-29(38-31(25)42)47-23-10-7-11-39(14-23)33(44)46-19-22-8-5-4-6-9-22/h4-6,8-9,12-13,20,23-24,26-27,30,37H,3,7,10-11,14-19H2,1-2H3/t23-,26?,27?,30?/m1/s1. The van der Waals surface area contributed by atoms with Gasteiger partial charge in [0, 0.05) is 49.1 Å². The zero-order chi connectivity index (χ0) is 33.5. The highest BCUT2D eigenvalue weighted by Gasteiger charge is 2.57. The molecule has 3 amide bonds. The summed E-state index contributed by atoms with van der Waals surface area (Å²) in [4.78, 5) is 46.7. The minimum Gasteiger partial charge on any atom is -0.472 e. The number of aromatic nitrogens is 3. The molecule has 4 fully saturated rings. The maximum absolute atomic E-state index is 13.1. The van der Waals surface area contributed by atoms with Gasteiger partial charge in [-0.2, -0.15) is 14.6 Å². The zero-order valence-electron chi connectivity index (χ0n) is 27.1. The van der Waals surface area contributed by atoms with Crippen LogP contribution in [0, 0.1) is 11.8 Å². The fraction of sp³-hybridized carbons (Fsp3) is 0.500. The summed E-state index contributed by atoms with van der Waals surface area (Å²) in [7, 11) is 0. The van der Waals surface area contributed by atoms with E-state index in [1.165, 1.54) is 4.90 Å². The maximum Gasteiger partial charge on any atom is 0.410 e. The van der Waals surface area contributed by atoms with Crippen LogP contribution in [0.2, 0.25) is 0 Å². The molecule has 3 aliphatic heterocycles. The third-order valence-electron chi connectivity index (χ3n) is 9.63. The van der Waals surface area contributed by atoms with Crippen LogP contribution in [0.15, 0.2) is 55.0 Å². The van der Waals surface area contributed by atoms with Crippen molar-refractivity contribution in [2.45, 2.75) is 57.5 Å². The lowest BCUT2D eigenvalue weighted by Gasteiger charge is -2.38. The Labute approximate surface area is 277 Å². The molecule has 48 heavy (non-hydrogen) atoms. The molecule has 1 aromatic carbocycles. The van der Waals surface area contributed by atoms with Crippen molar-refractivity contribution in [1.29, 1.82) is 0 Å². The lowest BCUT2D eigenvalue weighted by molar-refractivity contribution is -0.139. The van der Waals surface area contributed by atoms with Gasteiger partial charge in [0.2, 0.25) is 5.88 Å². The molecule has 0 radical (unpaired) electrons. The highest BCUT2D eigenvalue weighted by atomic mass is 19.1. The molecule has 0 bridgehead atoms. The van der Waals surface area contributed by atoms with Gasteiger partial charge in [0.15, 0.2) is 11.5 Å². The van der Waals surface area contributed by atoms with Crippen molar-refractivity contribution in [3.8, 4) is 5.88 Å². The number of benzene rings is 1. The molecule has 2 aromatic heterocycles. The summed E-state index contributed by atoms with van der Waals surface area (Å²) in [6, 6.07) is 11.6. The second kappa shape index (κ2) is 13.0. The smallest absolute Gasteiger partial charge is 0.410 e. The molecule has 3 atom stereocenters. The highest BCUT2D eigenvalue weighted by molar-refractivity contribution is 5.91. The van der Waals surface area contributed by atoms with Gasteiger partial charge in [-0.25, -0.2) is 14.0 Å². The van der Waals surface area contributed by atoms with Gasteiger partial charge < -0.3 is 34.2 Å². The molecule has 13 nitrogen and oxygen atoms in total. The van der Waals surface area contributed by atoms with E-state index in [9.17, 15) is 18.8 Å². The predicted molar refractivity (Wildman–Crippen MR) is 172 cm³/mol. The van der Waals surface area contributed by atoms with Gasteiger partial charge in [-0.3, -0.25) is 4.79 Å². The number of anilines is 1. The quantitative estimate of drug-likeness (QED) is 0.335. The first-order chi connectivity index (χ1) is 23.1. The second-order valence-electron chi connectivity index (χ2n) is 13.4. The van der Waals surface area contributed by atoms with Gasteiger partial charge in [0.1, 0.15) is 24.6 Å². The van der Waals surface area contributed by atoms with Gasteiger partial charge >= 0.3 is 12.2 Å². The Bertz CT molecular complexity index is 1700. The normalized spacial score (nSPS) is 23.5. The summed E-state index contributed by atoms with van der Waals surface area (Å²) in [5.74, 6) is 0.100. The van der Waals surface area contributed by atoms with Crippen LogP contribution < -0.4 is 10.1 Å². The minimum absolute atomic E-state index is 0.135. The molecule has 254 valence electrons. The van der Waals surface area contributed by atoms with Crippen molar-refractivity contribution in [1.82, 2.24) is 29.3 Å². The van der Waals surface area contributed by atoms with E-state index in [-0.39, 0.29) is 55.7 Å². The average Bonchev–Trinajstić information content (AvgIpc) is 3.36. The summed E-state index contributed by atoms with van der Waals surface area (Å²) in [5.41, 5.74) is 2.64. The van der Waals surface area contributed by atoms with Gasteiger partial charge in [0.05, 0.1) is 25.8 Å². The first-order valence-corrected chi connectivity index (χ1v) is 16.5. The third kappa shape index (κ3) is 6.47. The number of fused-ring (bicyclic) bond motifs is 2. The van der Waals surface area contributed by atoms with E-state index in [0.717, 1.165) is 29.8 Å². The van der Waals surface area contributed by atoms with Gasteiger partial charge in [-0.15, -0.1) is 0 Å². The number of nitrogens with one attached hydrogen (secondary N) is 1. The van der Waals surface area contributed by atoms with Crippen molar-refractivity contribution in [2.75, 3.05) is 44.6 Å². The molecule has 0 spiro atoms. The number of carbonyl (C=O) groups excluding carboxylic acids is 3. The fourth-order valence-electron chi connectivity index (χ4n) is 6.84. The molecular weight excluding hydrogens is 621 g/mol. The molecule has 5 heterocycles. The first kappa shape index (κ1) is 31.7. The molecule has 7 rings (SSSR count). The van der Waals surface area contributed by atoms with Crippen LogP contribution in [0.3, 0.4) is 0 Å². The van der Waals surface area contributed by atoms with Crippen LogP contribution in [0.1, 0.15) is 43.7 Å². The number of likely N-dealkylation sites (tertiary alicyclic amines) is 3. The third-order valence-corrected chi connectivity index (χ3v) is 9.63. The summed E-state index contributed by atoms with van der Waals surface area (Å²) < 4.78 is 32.4. The number of amides is 3. The Morgan fingerprint density at radius 3 is 2.44 bits per heavy atom. The number of ether oxygens (including phenoxy) is 3. The van der Waals surface area contributed by atoms with Crippen molar-refractivity contribution in [3.63, 3.8) is 0 Å². The summed E-state index contributed by atoms with van der Waals surface area (Å²) in [5, 5.41) is 8.26. The topological polar surface area (TPSA) is 131 Å². The first-order valence-electron chi connectivity index (χ1n) is 16.5. The Morgan fingerprint density at radius 2 is 1.73 bits per heavy atom. The largest absolute Gasteiger partial charge is 0.472 e. The Hall–Kier alpha value is -4.88. The van der Waals surface area contributed by atoms with E-state index in [2.05, 4.69) is 30.8 Å². The number of nitrogens with zero attached hydrogens (tertiary/aromatic N) is 6.